The van der Waals surface area contributed by atoms with E-state index in [1.165, 1.54) is 25.7 Å². The second-order valence-corrected chi connectivity index (χ2v) is 7.58. The average molecular weight is 384 g/mol. The third-order valence-corrected chi connectivity index (χ3v) is 4.79. The van der Waals surface area contributed by atoms with E-state index in [9.17, 15) is 4.79 Å². The van der Waals surface area contributed by atoms with Crippen LogP contribution in [0.15, 0.2) is 4.99 Å². The molecule has 27 heavy (non-hydrogen) atoms. The molecule has 7 heteroatoms. The first kappa shape index (κ1) is 23.7. The van der Waals surface area contributed by atoms with Crippen LogP contribution >= 0.6 is 0 Å². The van der Waals surface area contributed by atoms with Gasteiger partial charge in [0, 0.05) is 39.8 Å². The normalized spacial score (nSPS) is 16.8. The lowest BCUT2D eigenvalue weighted by molar-refractivity contribution is -0.127. The molecule has 0 radical (unpaired) electrons. The van der Waals surface area contributed by atoms with Crippen LogP contribution in [-0.2, 0) is 9.53 Å². The second-order valence-electron chi connectivity index (χ2n) is 7.58. The Balaban J connectivity index is 2.38. The number of guanidine groups is 1. The van der Waals surface area contributed by atoms with E-state index in [1.807, 2.05) is 0 Å². The predicted molar refractivity (Wildman–Crippen MR) is 112 cm³/mol. The Labute approximate surface area is 165 Å². The van der Waals surface area contributed by atoms with E-state index in [0.29, 0.717) is 6.04 Å². The Morgan fingerprint density at radius 1 is 1.19 bits per heavy atom. The molecule has 7 nitrogen and oxygen atoms in total. The van der Waals surface area contributed by atoms with Crippen LogP contribution in [0.2, 0.25) is 0 Å². The number of carbonyl (C=O) groups is 1. The van der Waals surface area contributed by atoms with Gasteiger partial charge in [-0.1, -0.05) is 32.6 Å². The minimum absolute atomic E-state index is 0.0139. The molecule has 1 unspecified atom stereocenters. The maximum Gasteiger partial charge on any atom is 0.243 e. The van der Waals surface area contributed by atoms with Crippen molar-refractivity contribution < 1.29 is 9.53 Å². The molecule has 0 saturated carbocycles. The van der Waals surface area contributed by atoms with Gasteiger partial charge in [0.2, 0.25) is 5.91 Å². The molecule has 0 aromatic rings. The van der Waals surface area contributed by atoms with Gasteiger partial charge < -0.3 is 20.3 Å². The summed E-state index contributed by atoms with van der Waals surface area (Å²) in [5, 5.41) is 6.86. The Bertz CT molecular complexity index is 423. The predicted octanol–water partition coefficient (Wildman–Crippen LogP) is 1.69. The number of ether oxygens (including phenoxy) is 1. The van der Waals surface area contributed by atoms with E-state index in [2.05, 4.69) is 34.4 Å². The topological polar surface area (TPSA) is 69.2 Å². The molecule has 1 saturated heterocycles. The fourth-order valence-corrected chi connectivity index (χ4v) is 2.96. The molecular weight excluding hydrogens is 342 g/mol. The summed E-state index contributed by atoms with van der Waals surface area (Å²) in [6, 6.07) is 0.349. The largest absolute Gasteiger partial charge is 0.379 e. The second kappa shape index (κ2) is 14.7. The summed E-state index contributed by atoms with van der Waals surface area (Å²) in [6.07, 6.45) is 7.23. The number of amides is 1. The lowest BCUT2D eigenvalue weighted by atomic mass is 10.1. The zero-order chi connectivity index (χ0) is 19.9. The number of unbranched alkanes of at least 4 members (excludes halogenated alkanes) is 3. The first-order valence-corrected chi connectivity index (χ1v) is 10.6. The summed E-state index contributed by atoms with van der Waals surface area (Å²) in [5.41, 5.74) is 0. The van der Waals surface area contributed by atoms with Gasteiger partial charge in [0.15, 0.2) is 5.96 Å². The molecule has 0 aromatic heterocycles. The third-order valence-electron chi connectivity index (χ3n) is 4.79. The minimum Gasteiger partial charge on any atom is -0.379 e. The van der Waals surface area contributed by atoms with Gasteiger partial charge in [-0.2, -0.15) is 0 Å². The summed E-state index contributed by atoms with van der Waals surface area (Å²) in [5.74, 6) is 0.759. The summed E-state index contributed by atoms with van der Waals surface area (Å²) in [4.78, 5) is 20.4. The monoisotopic (exact) mass is 383 g/mol. The van der Waals surface area contributed by atoms with E-state index in [-0.39, 0.29) is 12.5 Å². The summed E-state index contributed by atoms with van der Waals surface area (Å²) in [7, 11) is 3.52. The summed E-state index contributed by atoms with van der Waals surface area (Å²) in [6.45, 7) is 10.2. The number of hydrogen-bond donors (Lipinski definition) is 2. The van der Waals surface area contributed by atoms with Crippen LogP contribution in [-0.4, -0.2) is 87.7 Å². The van der Waals surface area contributed by atoms with E-state index in [0.717, 1.165) is 58.2 Å². The van der Waals surface area contributed by atoms with Crippen molar-refractivity contribution in [3.63, 3.8) is 0 Å². The van der Waals surface area contributed by atoms with Crippen molar-refractivity contribution in [3.05, 3.63) is 0 Å². The highest BCUT2D eigenvalue weighted by Gasteiger charge is 2.11. The zero-order valence-electron chi connectivity index (χ0n) is 17.9. The molecule has 1 rings (SSSR count). The SMILES string of the molecule is CCCCCCC(C)NC(=NCC(=O)N(C)C)NCCCN1CCOCC1. The van der Waals surface area contributed by atoms with E-state index in [1.54, 1.807) is 19.0 Å². The van der Waals surface area contributed by atoms with Crippen molar-refractivity contribution in [2.45, 2.75) is 58.4 Å². The number of carbonyl (C=O) groups excluding carboxylic acids is 1. The molecule has 0 spiro atoms. The molecule has 1 atom stereocenters. The molecule has 0 aliphatic carbocycles. The summed E-state index contributed by atoms with van der Waals surface area (Å²) < 4.78 is 5.39. The maximum absolute atomic E-state index is 11.9. The van der Waals surface area contributed by atoms with E-state index in [4.69, 9.17) is 4.74 Å². The van der Waals surface area contributed by atoms with Crippen LogP contribution in [0, 0.1) is 0 Å². The third kappa shape index (κ3) is 11.9. The van der Waals surface area contributed by atoms with Crippen LogP contribution in [0.5, 0.6) is 0 Å². The van der Waals surface area contributed by atoms with Crippen LogP contribution in [0.4, 0.5) is 0 Å². The summed E-state index contributed by atoms with van der Waals surface area (Å²) >= 11 is 0. The minimum atomic E-state index is 0.0139. The Hall–Kier alpha value is -1.34. The highest BCUT2D eigenvalue weighted by molar-refractivity contribution is 5.84. The van der Waals surface area contributed by atoms with Gasteiger partial charge >= 0.3 is 0 Å². The van der Waals surface area contributed by atoms with E-state index < -0.39 is 0 Å². The van der Waals surface area contributed by atoms with Gasteiger partial charge in [-0.25, -0.2) is 4.99 Å². The first-order valence-electron chi connectivity index (χ1n) is 10.6. The number of aliphatic imine (C=N–C) groups is 1. The first-order chi connectivity index (χ1) is 13.0. The molecule has 1 heterocycles. The Morgan fingerprint density at radius 2 is 1.93 bits per heavy atom. The maximum atomic E-state index is 11.9. The van der Waals surface area contributed by atoms with Gasteiger partial charge in [-0.05, 0) is 26.3 Å². The molecule has 1 aliphatic rings. The van der Waals surface area contributed by atoms with Gasteiger partial charge in [0.05, 0.1) is 13.2 Å². The van der Waals surface area contributed by atoms with Crippen molar-refractivity contribution in [1.82, 2.24) is 20.4 Å². The molecule has 1 amide bonds. The number of nitrogens with one attached hydrogen (secondary N) is 2. The smallest absolute Gasteiger partial charge is 0.243 e. The molecule has 0 bridgehead atoms. The van der Waals surface area contributed by atoms with Gasteiger partial charge in [-0.15, -0.1) is 0 Å². The van der Waals surface area contributed by atoms with Crippen molar-refractivity contribution in [1.29, 1.82) is 0 Å². The number of rotatable bonds is 12. The van der Waals surface area contributed by atoms with E-state index >= 15 is 0 Å². The lowest BCUT2D eigenvalue weighted by Crippen LogP contribution is -2.44. The zero-order valence-corrected chi connectivity index (χ0v) is 17.9. The molecule has 1 aliphatic heterocycles. The molecule has 158 valence electrons. The highest BCUT2D eigenvalue weighted by atomic mass is 16.5. The van der Waals surface area contributed by atoms with Crippen LogP contribution < -0.4 is 10.6 Å². The van der Waals surface area contributed by atoms with Crippen molar-refractivity contribution in [2.24, 2.45) is 4.99 Å². The molecule has 2 N–H and O–H groups in total. The van der Waals surface area contributed by atoms with Crippen molar-refractivity contribution >= 4 is 11.9 Å². The molecule has 1 fully saturated rings. The number of nitrogens with zero attached hydrogens (tertiary/aromatic N) is 3. The van der Waals surface area contributed by atoms with Crippen LogP contribution in [0.25, 0.3) is 0 Å². The average Bonchev–Trinajstić information content (AvgIpc) is 2.66. The van der Waals surface area contributed by atoms with Crippen molar-refractivity contribution in [2.75, 3.05) is 60.0 Å². The number of likely N-dealkylation sites (N-methyl/N-ethyl adjacent to an activating group) is 1. The highest BCUT2D eigenvalue weighted by Crippen LogP contribution is 2.05. The number of morpholine rings is 1. The van der Waals surface area contributed by atoms with Crippen LogP contribution in [0.1, 0.15) is 52.4 Å². The quantitative estimate of drug-likeness (QED) is 0.305. The van der Waals surface area contributed by atoms with Gasteiger partial charge in [0.1, 0.15) is 6.54 Å². The standard InChI is InChI=1S/C20H41N5O2/c1-5-6-7-8-10-18(2)23-20(22-17-19(26)24(3)4)21-11-9-12-25-13-15-27-16-14-25/h18H,5-17H2,1-4H3,(H2,21,22,23). The number of hydrogen-bond acceptors (Lipinski definition) is 4. The lowest BCUT2D eigenvalue weighted by Gasteiger charge is -2.26. The van der Waals surface area contributed by atoms with Crippen molar-refractivity contribution in [3.8, 4) is 0 Å². The molecular formula is C20H41N5O2. The Kier molecular flexibility index (Phi) is 12.9. The fourth-order valence-electron chi connectivity index (χ4n) is 2.96. The Morgan fingerprint density at radius 3 is 2.59 bits per heavy atom. The van der Waals surface area contributed by atoms with Gasteiger partial charge in [0.25, 0.3) is 0 Å². The van der Waals surface area contributed by atoms with Gasteiger partial charge in [-0.3, -0.25) is 9.69 Å². The molecule has 0 aromatic carbocycles. The van der Waals surface area contributed by atoms with Crippen LogP contribution in [0.3, 0.4) is 0 Å². The fraction of sp³-hybridized carbons (Fsp3) is 0.900.